The van der Waals surface area contributed by atoms with Crippen LogP contribution in [0.25, 0.3) is 34.2 Å². The Hall–Kier alpha value is -5.42. The summed E-state index contributed by atoms with van der Waals surface area (Å²) in [7, 11) is 0. The lowest BCUT2D eigenvalue weighted by Gasteiger charge is -2.21. The first-order valence-electron chi connectivity index (χ1n) is 13.5. The van der Waals surface area contributed by atoms with Gasteiger partial charge in [0.05, 0.1) is 17.9 Å². The van der Waals surface area contributed by atoms with E-state index in [1.54, 1.807) is 30.0 Å². The van der Waals surface area contributed by atoms with E-state index in [0.29, 0.717) is 29.3 Å². The normalized spacial score (nSPS) is 13.9. The molecule has 41 heavy (non-hydrogen) atoms. The second kappa shape index (κ2) is 11.4. The monoisotopic (exact) mass is 537 g/mol. The van der Waals surface area contributed by atoms with Gasteiger partial charge >= 0.3 is 5.97 Å². The first-order chi connectivity index (χ1) is 20.1. The minimum atomic E-state index is -0.357. The highest BCUT2D eigenvalue weighted by Crippen LogP contribution is 2.36. The van der Waals surface area contributed by atoms with Gasteiger partial charge in [0.25, 0.3) is 5.91 Å². The summed E-state index contributed by atoms with van der Waals surface area (Å²) in [6.07, 6.45) is 3.67. The zero-order valence-electron chi connectivity index (χ0n) is 22.5. The molecule has 1 amide bonds. The zero-order valence-corrected chi connectivity index (χ0v) is 22.5. The van der Waals surface area contributed by atoms with Gasteiger partial charge in [0.1, 0.15) is 11.5 Å². The Kier molecular flexibility index (Phi) is 7.16. The Balaban J connectivity index is 1.30. The van der Waals surface area contributed by atoms with Gasteiger partial charge in [-0.25, -0.2) is 4.79 Å². The van der Waals surface area contributed by atoms with Gasteiger partial charge in [-0.15, -0.1) is 0 Å². The highest BCUT2D eigenvalue weighted by atomic mass is 16.5. The molecule has 0 saturated carbocycles. The Morgan fingerprint density at radius 2 is 1.34 bits per heavy atom. The second-order valence-electron chi connectivity index (χ2n) is 9.55. The molecule has 0 atom stereocenters. The Labute approximate surface area is 238 Å². The van der Waals surface area contributed by atoms with Crippen LogP contribution in [0.5, 0.6) is 0 Å². The fraction of sp³-hybridized carbons (Fsp3) is 0.0556. The molecular weight excluding hydrogens is 510 g/mol. The van der Waals surface area contributed by atoms with Gasteiger partial charge < -0.3 is 9.15 Å². The van der Waals surface area contributed by atoms with E-state index in [-0.39, 0.29) is 11.9 Å². The van der Waals surface area contributed by atoms with Crippen LogP contribution in [0, 0.1) is 0 Å². The summed E-state index contributed by atoms with van der Waals surface area (Å²) >= 11 is 0. The summed E-state index contributed by atoms with van der Waals surface area (Å²) in [6.45, 7) is 2.10. The fourth-order valence-electron chi connectivity index (χ4n) is 4.85. The van der Waals surface area contributed by atoms with Crippen molar-refractivity contribution >= 4 is 29.3 Å². The maximum absolute atomic E-state index is 13.8. The van der Waals surface area contributed by atoms with E-state index in [1.807, 2.05) is 103 Å². The van der Waals surface area contributed by atoms with Crippen molar-refractivity contribution in [3.8, 4) is 22.5 Å². The van der Waals surface area contributed by atoms with E-state index in [1.165, 1.54) is 0 Å². The first-order valence-corrected chi connectivity index (χ1v) is 13.5. The number of anilines is 1. The predicted octanol–water partition coefficient (Wildman–Crippen LogP) is 8.26. The molecule has 2 heterocycles. The average Bonchev–Trinajstić information content (AvgIpc) is 3.63. The molecule has 0 bridgehead atoms. The maximum Gasteiger partial charge on any atom is 0.338 e. The molecule has 4 aromatic carbocycles. The number of esters is 1. The molecule has 0 unspecified atom stereocenters. The van der Waals surface area contributed by atoms with Gasteiger partial charge in [-0.2, -0.15) is 0 Å². The molecule has 1 aliphatic rings. The molecule has 1 aromatic heterocycles. The van der Waals surface area contributed by atoms with Crippen molar-refractivity contribution in [3.05, 3.63) is 150 Å². The Bertz CT molecular complexity index is 1750. The van der Waals surface area contributed by atoms with Crippen molar-refractivity contribution < 1.29 is 18.7 Å². The molecule has 5 nitrogen and oxygen atoms in total. The van der Waals surface area contributed by atoms with Crippen LogP contribution in [-0.4, -0.2) is 18.5 Å². The lowest BCUT2D eigenvalue weighted by Crippen LogP contribution is -2.24. The minimum Gasteiger partial charge on any atom is -0.462 e. The summed E-state index contributed by atoms with van der Waals surface area (Å²) in [5.41, 5.74) is 6.56. The highest BCUT2D eigenvalue weighted by Gasteiger charge is 2.30. The van der Waals surface area contributed by atoms with Crippen LogP contribution in [0.15, 0.2) is 137 Å². The molecule has 0 saturated heterocycles. The number of carbonyl (C=O) groups excluding carboxylic acids is 2. The zero-order chi connectivity index (χ0) is 28.2. The number of carbonyl (C=O) groups is 2. The quantitative estimate of drug-likeness (QED) is 0.155. The van der Waals surface area contributed by atoms with Gasteiger partial charge in [0, 0.05) is 16.8 Å². The van der Waals surface area contributed by atoms with E-state index in [9.17, 15) is 9.59 Å². The molecule has 0 N–H and O–H groups in total. The number of hydrogen-bond acceptors (Lipinski definition) is 4. The second-order valence-corrected chi connectivity index (χ2v) is 9.55. The van der Waals surface area contributed by atoms with Crippen molar-refractivity contribution in [2.45, 2.75) is 6.92 Å². The summed E-state index contributed by atoms with van der Waals surface area (Å²) in [5.74, 6) is 0.707. The first kappa shape index (κ1) is 25.8. The van der Waals surface area contributed by atoms with Gasteiger partial charge in [-0.1, -0.05) is 84.9 Å². The number of rotatable bonds is 7. The topological polar surface area (TPSA) is 59.8 Å². The number of ether oxygens (including phenoxy) is 1. The minimum absolute atomic E-state index is 0.131. The third kappa shape index (κ3) is 5.38. The molecule has 0 spiro atoms. The maximum atomic E-state index is 13.8. The number of amides is 1. The number of benzene rings is 4. The van der Waals surface area contributed by atoms with Crippen LogP contribution in [0.1, 0.15) is 28.6 Å². The van der Waals surface area contributed by atoms with Crippen molar-refractivity contribution in [3.63, 3.8) is 0 Å². The van der Waals surface area contributed by atoms with Crippen LogP contribution in [0.3, 0.4) is 0 Å². The summed E-state index contributed by atoms with van der Waals surface area (Å²) in [5, 5.41) is 0. The Morgan fingerprint density at radius 3 is 2.00 bits per heavy atom. The number of nitrogens with zero attached hydrogens (tertiary/aromatic N) is 1. The van der Waals surface area contributed by atoms with Gasteiger partial charge in [-0.3, -0.25) is 9.69 Å². The summed E-state index contributed by atoms with van der Waals surface area (Å²) in [4.78, 5) is 27.5. The smallest absolute Gasteiger partial charge is 0.338 e. The summed E-state index contributed by atoms with van der Waals surface area (Å²) in [6, 6.07) is 38.8. The van der Waals surface area contributed by atoms with Crippen molar-refractivity contribution in [2.24, 2.45) is 0 Å². The fourth-order valence-corrected chi connectivity index (χ4v) is 4.85. The average molecular weight is 538 g/mol. The summed E-state index contributed by atoms with van der Waals surface area (Å²) < 4.78 is 11.1. The molecule has 5 heteroatoms. The number of furan rings is 1. The van der Waals surface area contributed by atoms with Gasteiger partial charge in [0.2, 0.25) is 0 Å². The lowest BCUT2D eigenvalue weighted by atomic mass is 10.0. The van der Waals surface area contributed by atoms with Crippen molar-refractivity contribution in [1.29, 1.82) is 0 Å². The largest absolute Gasteiger partial charge is 0.462 e. The molecular formula is C36H27NO4. The predicted molar refractivity (Wildman–Crippen MR) is 162 cm³/mol. The lowest BCUT2D eigenvalue weighted by molar-refractivity contribution is -0.113. The van der Waals surface area contributed by atoms with Crippen LogP contribution >= 0.6 is 0 Å². The van der Waals surface area contributed by atoms with E-state index in [4.69, 9.17) is 9.15 Å². The van der Waals surface area contributed by atoms with Crippen LogP contribution in [0.4, 0.5) is 5.69 Å². The molecule has 5 aromatic rings. The van der Waals surface area contributed by atoms with E-state index < -0.39 is 0 Å². The molecule has 0 fully saturated rings. The Morgan fingerprint density at radius 1 is 0.732 bits per heavy atom. The molecule has 200 valence electrons. The van der Waals surface area contributed by atoms with Gasteiger partial charge in [0.15, 0.2) is 0 Å². The SMILES string of the molecule is CCOC(=O)c1ccc(-c2ccc(C=C3C=C(c4ccccc4)N(c4ccc(-c5ccccc5)cc4)C3=O)o2)cc1. The van der Waals surface area contributed by atoms with Crippen LogP contribution in [0.2, 0.25) is 0 Å². The van der Waals surface area contributed by atoms with Crippen LogP contribution < -0.4 is 4.90 Å². The molecule has 0 radical (unpaired) electrons. The van der Waals surface area contributed by atoms with Crippen molar-refractivity contribution in [2.75, 3.05) is 11.5 Å². The molecule has 6 rings (SSSR count). The third-order valence-electron chi connectivity index (χ3n) is 6.89. The standard InChI is InChI=1S/C36H27NO4/c1-2-40-36(39)29-15-13-28(14-16-29)34-22-21-32(41-34)23-30-24-33(27-11-7-4-8-12-27)37(35(30)38)31-19-17-26(18-20-31)25-9-5-3-6-10-25/h3-24H,2H2,1H3. The highest BCUT2D eigenvalue weighted by molar-refractivity contribution is 6.23. The van der Waals surface area contributed by atoms with Gasteiger partial charge in [-0.05, 0) is 72.2 Å². The van der Waals surface area contributed by atoms with Crippen molar-refractivity contribution in [1.82, 2.24) is 0 Å². The van der Waals surface area contributed by atoms with E-state index in [2.05, 4.69) is 12.1 Å². The number of hydrogen-bond donors (Lipinski definition) is 0. The molecule has 0 aliphatic carbocycles. The van der Waals surface area contributed by atoms with E-state index in [0.717, 1.165) is 33.6 Å². The molecule has 1 aliphatic heterocycles. The third-order valence-corrected chi connectivity index (χ3v) is 6.89. The van der Waals surface area contributed by atoms with Crippen LogP contribution in [-0.2, 0) is 9.53 Å². The van der Waals surface area contributed by atoms with E-state index >= 15 is 0 Å².